The van der Waals surface area contributed by atoms with E-state index in [2.05, 4.69) is 28.3 Å². The molecule has 2 aromatic rings. The first kappa shape index (κ1) is 22.4. The Bertz CT molecular complexity index is 886. The number of methoxy groups -OCH3 is 1. The van der Waals surface area contributed by atoms with E-state index in [4.69, 9.17) is 9.47 Å². The minimum absolute atomic E-state index is 0.0682. The molecule has 2 atom stereocenters. The lowest BCUT2D eigenvalue weighted by Crippen LogP contribution is -2.55. The molecule has 2 aromatic carbocycles. The van der Waals surface area contributed by atoms with Crippen LogP contribution in [-0.2, 0) is 4.79 Å². The van der Waals surface area contributed by atoms with Crippen LogP contribution in [0.25, 0.3) is 0 Å². The van der Waals surface area contributed by atoms with Crippen molar-refractivity contribution in [2.45, 2.75) is 44.7 Å². The standard InChI is InChI=1S/C23H30N4O4/c1-3-4-5-12-31-18-9-7-17(8-10-18)23-19(14-22(29)26-27-23)25-24-15-16-6-11-20(28)21(13-16)30-2/h6-11,13,15,19,23,25,27-28H,3-5,12,14H2,1-2H3,(H,26,29)/b24-15+. The van der Waals surface area contributed by atoms with Crippen molar-refractivity contribution in [1.82, 2.24) is 16.3 Å². The van der Waals surface area contributed by atoms with E-state index in [9.17, 15) is 9.90 Å². The van der Waals surface area contributed by atoms with Crippen LogP contribution in [0.5, 0.6) is 17.2 Å². The van der Waals surface area contributed by atoms with E-state index in [0.717, 1.165) is 29.7 Å². The monoisotopic (exact) mass is 426 g/mol. The van der Waals surface area contributed by atoms with Gasteiger partial charge in [-0.2, -0.15) is 5.10 Å². The van der Waals surface area contributed by atoms with Crippen molar-refractivity contribution in [2.24, 2.45) is 5.10 Å². The van der Waals surface area contributed by atoms with Crippen molar-refractivity contribution in [1.29, 1.82) is 0 Å². The van der Waals surface area contributed by atoms with Crippen LogP contribution >= 0.6 is 0 Å². The molecule has 8 heteroatoms. The predicted octanol–water partition coefficient (Wildman–Crippen LogP) is 3.03. The number of aromatic hydroxyl groups is 1. The quantitative estimate of drug-likeness (QED) is 0.265. The highest BCUT2D eigenvalue weighted by Crippen LogP contribution is 2.26. The summed E-state index contributed by atoms with van der Waals surface area (Å²) < 4.78 is 10.9. The molecule has 0 radical (unpaired) electrons. The zero-order valence-electron chi connectivity index (χ0n) is 17.9. The zero-order valence-corrected chi connectivity index (χ0v) is 17.9. The number of nitrogens with one attached hydrogen (secondary N) is 3. The highest BCUT2D eigenvalue weighted by Gasteiger charge is 2.30. The van der Waals surface area contributed by atoms with E-state index in [1.807, 2.05) is 24.3 Å². The molecule has 1 amide bonds. The number of hydrogen-bond donors (Lipinski definition) is 4. The fourth-order valence-corrected chi connectivity index (χ4v) is 3.36. The molecule has 1 heterocycles. The topological polar surface area (TPSA) is 104 Å². The van der Waals surface area contributed by atoms with Crippen LogP contribution in [0.15, 0.2) is 47.6 Å². The molecule has 31 heavy (non-hydrogen) atoms. The first-order valence-electron chi connectivity index (χ1n) is 10.5. The number of amides is 1. The van der Waals surface area contributed by atoms with Crippen molar-refractivity contribution in [3.05, 3.63) is 53.6 Å². The number of unbranched alkanes of at least 4 members (excludes halogenated alkanes) is 2. The summed E-state index contributed by atoms with van der Waals surface area (Å²) in [6.07, 6.45) is 5.28. The Balaban J connectivity index is 1.63. The lowest BCUT2D eigenvalue weighted by Gasteiger charge is -2.32. The van der Waals surface area contributed by atoms with Crippen LogP contribution < -0.4 is 25.8 Å². The highest BCUT2D eigenvalue weighted by molar-refractivity contribution is 5.81. The molecule has 1 aliphatic heterocycles. The second-order valence-corrected chi connectivity index (χ2v) is 7.42. The van der Waals surface area contributed by atoms with Gasteiger partial charge in [0.05, 0.1) is 38.4 Å². The van der Waals surface area contributed by atoms with Crippen LogP contribution in [0.3, 0.4) is 0 Å². The molecule has 1 fully saturated rings. The number of ether oxygens (including phenoxy) is 2. The number of carbonyl (C=O) groups is 1. The summed E-state index contributed by atoms with van der Waals surface area (Å²) in [5.74, 6) is 1.17. The molecular formula is C23H30N4O4. The van der Waals surface area contributed by atoms with Crippen LogP contribution in [-0.4, -0.2) is 37.0 Å². The Hall–Kier alpha value is -3.26. The average molecular weight is 427 g/mol. The SMILES string of the molecule is CCCCCOc1ccc(C2NNC(=O)CC2N/N=C/c2ccc(O)c(OC)c2)cc1. The number of hydrogen-bond acceptors (Lipinski definition) is 7. The number of phenolic OH excluding ortho intramolecular Hbond substituents is 1. The minimum Gasteiger partial charge on any atom is -0.504 e. The van der Waals surface area contributed by atoms with E-state index >= 15 is 0 Å². The fourth-order valence-electron chi connectivity index (χ4n) is 3.36. The second-order valence-electron chi connectivity index (χ2n) is 7.42. The van der Waals surface area contributed by atoms with E-state index in [1.54, 1.807) is 24.4 Å². The summed E-state index contributed by atoms with van der Waals surface area (Å²) >= 11 is 0. The second kappa shape index (κ2) is 11.2. The van der Waals surface area contributed by atoms with Gasteiger partial charge in [-0.15, -0.1) is 0 Å². The van der Waals surface area contributed by atoms with Gasteiger partial charge in [0.25, 0.3) is 0 Å². The molecule has 0 aromatic heterocycles. The lowest BCUT2D eigenvalue weighted by molar-refractivity contribution is -0.125. The van der Waals surface area contributed by atoms with Crippen LogP contribution in [0.4, 0.5) is 0 Å². The maximum Gasteiger partial charge on any atom is 0.236 e. The molecular weight excluding hydrogens is 396 g/mol. The van der Waals surface area contributed by atoms with Gasteiger partial charge >= 0.3 is 0 Å². The van der Waals surface area contributed by atoms with Gasteiger partial charge in [-0.05, 0) is 47.9 Å². The Morgan fingerprint density at radius 2 is 2.03 bits per heavy atom. The third kappa shape index (κ3) is 6.36. The largest absolute Gasteiger partial charge is 0.504 e. The van der Waals surface area contributed by atoms with Gasteiger partial charge in [0.2, 0.25) is 5.91 Å². The summed E-state index contributed by atoms with van der Waals surface area (Å²) in [5.41, 5.74) is 10.6. The van der Waals surface area contributed by atoms with Crippen LogP contribution in [0, 0.1) is 0 Å². The molecule has 0 aliphatic carbocycles. The number of rotatable bonds is 10. The first-order chi connectivity index (χ1) is 15.1. The smallest absolute Gasteiger partial charge is 0.236 e. The number of hydrazine groups is 1. The molecule has 8 nitrogen and oxygen atoms in total. The van der Waals surface area contributed by atoms with E-state index < -0.39 is 0 Å². The maximum absolute atomic E-state index is 11.9. The van der Waals surface area contributed by atoms with E-state index in [1.165, 1.54) is 13.5 Å². The molecule has 0 saturated carbocycles. The minimum atomic E-state index is -0.236. The summed E-state index contributed by atoms with van der Waals surface area (Å²) in [6, 6.07) is 12.4. The number of nitrogens with zero attached hydrogens (tertiary/aromatic N) is 1. The Morgan fingerprint density at radius 1 is 1.23 bits per heavy atom. The maximum atomic E-state index is 11.9. The van der Waals surface area contributed by atoms with Gasteiger partial charge in [0.15, 0.2) is 11.5 Å². The summed E-state index contributed by atoms with van der Waals surface area (Å²) in [6.45, 7) is 2.88. The number of hydrazone groups is 1. The van der Waals surface area contributed by atoms with Gasteiger partial charge < -0.3 is 20.0 Å². The number of phenols is 1. The fraction of sp³-hybridized carbons (Fsp3) is 0.391. The molecule has 2 unspecified atom stereocenters. The van der Waals surface area contributed by atoms with Gasteiger partial charge in [0.1, 0.15) is 5.75 Å². The van der Waals surface area contributed by atoms with Gasteiger partial charge in [0, 0.05) is 0 Å². The Kier molecular flexibility index (Phi) is 8.12. The van der Waals surface area contributed by atoms with Gasteiger partial charge in [-0.1, -0.05) is 31.9 Å². The predicted molar refractivity (Wildman–Crippen MR) is 119 cm³/mol. The normalized spacial score (nSPS) is 18.6. The molecule has 3 rings (SSSR count). The molecule has 1 saturated heterocycles. The summed E-state index contributed by atoms with van der Waals surface area (Å²) in [7, 11) is 1.49. The van der Waals surface area contributed by atoms with Crippen molar-refractivity contribution >= 4 is 12.1 Å². The molecule has 166 valence electrons. The Labute approximate surface area is 182 Å². The number of benzene rings is 2. The third-order valence-electron chi connectivity index (χ3n) is 5.09. The average Bonchev–Trinajstić information content (AvgIpc) is 2.78. The van der Waals surface area contributed by atoms with Crippen molar-refractivity contribution < 1.29 is 19.4 Å². The van der Waals surface area contributed by atoms with Crippen LogP contribution in [0.1, 0.15) is 49.8 Å². The van der Waals surface area contributed by atoms with Crippen molar-refractivity contribution in [3.63, 3.8) is 0 Å². The summed E-state index contributed by atoms with van der Waals surface area (Å²) in [4.78, 5) is 11.9. The van der Waals surface area contributed by atoms with Crippen molar-refractivity contribution in [2.75, 3.05) is 13.7 Å². The van der Waals surface area contributed by atoms with E-state index in [0.29, 0.717) is 12.4 Å². The van der Waals surface area contributed by atoms with Gasteiger partial charge in [-0.25, -0.2) is 5.43 Å². The first-order valence-corrected chi connectivity index (χ1v) is 10.5. The molecule has 0 spiro atoms. The summed E-state index contributed by atoms with van der Waals surface area (Å²) in [5, 5.41) is 14.0. The molecule has 1 aliphatic rings. The van der Waals surface area contributed by atoms with Crippen LogP contribution in [0.2, 0.25) is 0 Å². The lowest BCUT2D eigenvalue weighted by atomic mass is 9.96. The van der Waals surface area contributed by atoms with Crippen molar-refractivity contribution in [3.8, 4) is 17.2 Å². The Morgan fingerprint density at radius 3 is 2.77 bits per heavy atom. The highest BCUT2D eigenvalue weighted by atomic mass is 16.5. The number of carbonyl (C=O) groups excluding carboxylic acids is 1. The molecule has 4 N–H and O–H groups in total. The van der Waals surface area contributed by atoms with Gasteiger partial charge in [-0.3, -0.25) is 10.2 Å². The third-order valence-corrected chi connectivity index (χ3v) is 5.09. The molecule has 0 bridgehead atoms. The van der Waals surface area contributed by atoms with E-state index in [-0.39, 0.29) is 30.2 Å². The zero-order chi connectivity index (χ0) is 22.1.